The molecule has 0 aromatic carbocycles. The Labute approximate surface area is 202 Å². The summed E-state index contributed by atoms with van der Waals surface area (Å²) in [4.78, 5) is 40.9. The monoisotopic (exact) mass is 495 g/mol. The van der Waals surface area contributed by atoms with E-state index in [2.05, 4.69) is 23.2 Å². The molecule has 0 bridgehead atoms. The van der Waals surface area contributed by atoms with Crippen molar-refractivity contribution in [2.45, 2.75) is 74.7 Å². The molecule has 3 N–H and O–H groups in total. The number of hydrogen-bond donors (Lipinski definition) is 3. The lowest BCUT2D eigenvalue weighted by Crippen LogP contribution is -2.55. The second-order valence-corrected chi connectivity index (χ2v) is 12.5. The Morgan fingerprint density at radius 3 is 2.35 bits per heavy atom. The van der Waals surface area contributed by atoms with Crippen LogP contribution in [0.15, 0.2) is 25.3 Å². The maximum Gasteiger partial charge on any atom is 0.259 e. The normalized spacial score (nSPS) is 31.3. The molecule has 0 unspecified atom stereocenters. The molecule has 9 nitrogen and oxygen atoms in total. The van der Waals surface area contributed by atoms with E-state index < -0.39 is 56.0 Å². The van der Waals surface area contributed by atoms with Crippen molar-refractivity contribution < 1.29 is 27.9 Å². The van der Waals surface area contributed by atoms with Crippen molar-refractivity contribution in [3.05, 3.63) is 25.3 Å². The van der Waals surface area contributed by atoms with Gasteiger partial charge in [-0.05, 0) is 58.3 Å². The summed E-state index contributed by atoms with van der Waals surface area (Å²) < 4.78 is 26.3. The Bertz CT molecular complexity index is 960. The van der Waals surface area contributed by atoms with E-state index in [0.29, 0.717) is 19.4 Å². The van der Waals surface area contributed by atoms with Gasteiger partial charge in [0.25, 0.3) is 5.91 Å². The van der Waals surface area contributed by atoms with Crippen molar-refractivity contribution in [2.24, 2.45) is 17.8 Å². The lowest BCUT2D eigenvalue weighted by atomic mass is 9.93. The van der Waals surface area contributed by atoms with Crippen LogP contribution in [0, 0.1) is 17.8 Å². The molecule has 3 aliphatic carbocycles. The molecule has 0 spiro atoms. The van der Waals surface area contributed by atoms with Crippen LogP contribution in [-0.4, -0.2) is 66.1 Å². The molecule has 0 radical (unpaired) electrons. The Hall–Kier alpha value is -2.20. The number of amides is 3. The quantitative estimate of drug-likeness (QED) is 0.276. The summed E-state index contributed by atoms with van der Waals surface area (Å²) >= 11 is 0. The number of unbranched alkanes of at least 4 members (excludes halogenated alkanes) is 2. The molecule has 5 atom stereocenters. The number of carbonyl (C=O) groups is 3. The van der Waals surface area contributed by atoms with Gasteiger partial charge >= 0.3 is 0 Å². The Morgan fingerprint density at radius 2 is 1.79 bits per heavy atom. The number of aliphatic hydroxyl groups is 1. The molecule has 190 valence electrons. The van der Waals surface area contributed by atoms with E-state index in [1.807, 2.05) is 6.08 Å². The predicted molar refractivity (Wildman–Crippen MR) is 128 cm³/mol. The molecule has 0 aliphatic heterocycles. The van der Waals surface area contributed by atoms with Gasteiger partial charge in [-0.15, -0.1) is 13.2 Å². The molecule has 10 heteroatoms. The van der Waals surface area contributed by atoms with Gasteiger partial charge in [-0.2, -0.15) is 0 Å². The third-order valence-electron chi connectivity index (χ3n) is 7.60. The predicted octanol–water partition coefficient (Wildman–Crippen LogP) is 1.25. The van der Waals surface area contributed by atoms with Crippen LogP contribution in [-0.2, 0) is 24.4 Å². The first kappa shape index (κ1) is 26.4. The van der Waals surface area contributed by atoms with Crippen LogP contribution in [0.4, 0.5) is 0 Å². The standard InChI is InChI=1S/C24H37N3O6S/c1-5-7-8-9-12-27(4)21(30)19-14-17(28)13-18(19)20(29)25-24(15-16(24)6-2)22(31)26-34(32,33)23(3)10-11-23/h5-6,16-19,28H,1-2,7-15H2,3-4H3,(H,25,29)(H,26,31)/t16-,17-,18-,19-,24-/m1/s1. The number of nitrogens with one attached hydrogen (secondary N) is 2. The smallest absolute Gasteiger partial charge is 0.259 e. The number of allylic oxidation sites excluding steroid dienone is 1. The van der Waals surface area contributed by atoms with Gasteiger partial charge in [0.15, 0.2) is 0 Å². The zero-order valence-corrected chi connectivity index (χ0v) is 20.9. The van der Waals surface area contributed by atoms with Crippen LogP contribution >= 0.6 is 0 Å². The molecule has 3 amide bonds. The summed E-state index contributed by atoms with van der Waals surface area (Å²) in [5, 5.41) is 13.0. The first-order chi connectivity index (χ1) is 15.9. The molecule has 0 aromatic heterocycles. The second-order valence-electron chi connectivity index (χ2n) is 10.3. The highest BCUT2D eigenvalue weighted by molar-refractivity contribution is 7.91. The minimum absolute atomic E-state index is 0.110. The SMILES string of the molecule is C=CCCCCN(C)C(=O)[C@@H]1C[C@H](O)C[C@H]1C(=O)N[C@]1(C(=O)NS(=O)(=O)C2(C)CC2)C[C@H]1C=C. The van der Waals surface area contributed by atoms with Gasteiger partial charge in [0.2, 0.25) is 21.8 Å². The molecule has 0 saturated heterocycles. The van der Waals surface area contributed by atoms with E-state index in [0.717, 1.165) is 19.3 Å². The van der Waals surface area contributed by atoms with Crippen molar-refractivity contribution in [1.29, 1.82) is 0 Å². The Balaban J connectivity index is 1.68. The van der Waals surface area contributed by atoms with Crippen LogP contribution in [0.5, 0.6) is 0 Å². The minimum atomic E-state index is -3.86. The van der Waals surface area contributed by atoms with Crippen molar-refractivity contribution >= 4 is 27.7 Å². The average Bonchev–Trinajstić information content (AvgIpc) is 3.66. The molecule has 0 aromatic rings. The van der Waals surface area contributed by atoms with Crippen LogP contribution < -0.4 is 10.0 Å². The average molecular weight is 496 g/mol. The van der Waals surface area contributed by atoms with Gasteiger partial charge in [-0.3, -0.25) is 19.1 Å². The van der Waals surface area contributed by atoms with Crippen LogP contribution in [0.2, 0.25) is 0 Å². The van der Waals surface area contributed by atoms with Crippen LogP contribution in [0.1, 0.15) is 58.3 Å². The zero-order valence-electron chi connectivity index (χ0n) is 20.1. The number of carbonyl (C=O) groups excluding carboxylic acids is 3. The van der Waals surface area contributed by atoms with Gasteiger partial charge in [-0.25, -0.2) is 8.42 Å². The third kappa shape index (κ3) is 5.22. The van der Waals surface area contributed by atoms with E-state index >= 15 is 0 Å². The number of sulfonamides is 1. The summed E-state index contributed by atoms with van der Waals surface area (Å²) in [7, 11) is -2.18. The number of hydrogen-bond acceptors (Lipinski definition) is 6. The fourth-order valence-corrected chi connectivity index (χ4v) is 6.04. The molecule has 3 saturated carbocycles. The van der Waals surface area contributed by atoms with Crippen LogP contribution in [0.25, 0.3) is 0 Å². The fraction of sp³-hybridized carbons (Fsp3) is 0.708. The van der Waals surface area contributed by atoms with E-state index in [1.165, 1.54) is 6.08 Å². The molecule has 34 heavy (non-hydrogen) atoms. The molecule has 3 fully saturated rings. The highest BCUT2D eigenvalue weighted by Crippen LogP contribution is 2.47. The Kier molecular flexibility index (Phi) is 7.62. The number of aliphatic hydroxyl groups excluding tert-OH is 1. The van der Waals surface area contributed by atoms with E-state index in [4.69, 9.17) is 0 Å². The van der Waals surface area contributed by atoms with Crippen molar-refractivity contribution in [2.75, 3.05) is 13.6 Å². The molecule has 3 rings (SSSR count). The van der Waals surface area contributed by atoms with Crippen molar-refractivity contribution in [3.63, 3.8) is 0 Å². The van der Waals surface area contributed by atoms with E-state index in [9.17, 15) is 27.9 Å². The second kappa shape index (κ2) is 9.81. The Morgan fingerprint density at radius 1 is 1.15 bits per heavy atom. The van der Waals surface area contributed by atoms with Crippen molar-refractivity contribution in [3.8, 4) is 0 Å². The van der Waals surface area contributed by atoms with E-state index in [1.54, 1.807) is 18.9 Å². The van der Waals surface area contributed by atoms with Crippen molar-refractivity contribution in [1.82, 2.24) is 14.9 Å². The maximum absolute atomic E-state index is 13.3. The summed E-state index contributed by atoms with van der Waals surface area (Å²) in [6.45, 7) is 9.50. The maximum atomic E-state index is 13.3. The van der Waals surface area contributed by atoms with Crippen LogP contribution in [0.3, 0.4) is 0 Å². The first-order valence-corrected chi connectivity index (χ1v) is 13.4. The highest BCUT2D eigenvalue weighted by Gasteiger charge is 2.63. The van der Waals surface area contributed by atoms with Gasteiger partial charge in [0.05, 0.1) is 22.7 Å². The highest BCUT2D eigenvalue weighted by atomic mass is 32.2. The van der Waals surface area contributed by atoms with Gasteiger partial charge in [0.1, 0.15) is 5.54 Å². The van der Waals surface area contributed by atoms with E-state index in [-0.39, 0.29) is 25.2 Å². The molecular formula is C24H37N3O6S. The lowest BCUT2D eigenvalue weighted by molar-refractivity contribution is -0.140. The first-order valence-electron chi connectivity index (χ1n) is 12.0. The number of nitrogens with zero attached hydrogens (tertiary/aromatic N) is 1. The van der Waals surface area contributed by atoms with Gasteiger partial charge in [-0.1, -0.05) is 12.2 Å². The molecule has 3 aliphatic rings. The minimum Gasteiger partial charge on any atom is -0.393 e. The lowest BCUT2D eigenvalue weighted by Gasteiger charge is -2.26. The molecular weight excluding hydrogens is 458 g/mol. The molecule has 0 heterocycles. The fourth-order valence-electron chi connectivity index (χ4n) is 4.73. The third-order valence-corrected chi connectivity index (χ3v) is 9.76. The topological polar surface area (TPSA) is 133 Å². The summed E-state index contributed by atoms with van der Waals surface area (Å²) in [5.41, 5.74) is -1.41. The summed E-state index contributed by atoms with van der Waals surface area (Å²) in [5.74, 6) is -3.43. The zero-order chi connectivity index (χ0) is 25.3. The summed E-state index contributed by atoms with van der Waals surface area (Å²) in [6.07, 6.45) is 6.59. The number of rotatable bonds is 12. The van der Waals surface area contributed by atoms with Gasteiger partial charge < -0.3 is 15.3 Å². The van der Waals surface area contributed by atoms with Gasteiger partial charge in [0, 0.05) is 19.5 Å². The summed E-state index contributed by atoms with van der Waals surface area (Å²) in [6, 6.07) is 0. The largest absolute Gasteiger partial charge is 0.393 e.